The number of anilines is 1. The van der Waals surface area contributed by atoms with Gasteiger partial charge >= 0.3 is 0 Å². The number of hydrogen-bond donors (Lipinski definition) is 2. The third-order valence-corrected chi connectivity index (χ3v) is 4.73. The molecule has 0 spiro atoms. The van der Waals surface area contributed by atoms with Crippen LogP contribution in [0.15, 0.2) is 23.1 Å². The second-order valence-electron chi connectivity index (χ2n) is 6.04. The summed E-state index contributed by atoms with van der Waals surface area (Å²) in [7, 11) is -3.52. The minimum absolute atomic E-state index is 0.137. The van der Waals surface area contributed by atoms with E-state index in [9.17, 15) is 8.42 Å². The van der Waals surface area contributed by atoms with Crippen LogP contribution in [0.2, 0.25) is 0 Å². The van der Waals surface area contributed by atoms with Gasteiger partial charge in [-0.2, -0.15) is 0 Å². The molecule has 0 aromatic heterocycles. The highest BCUT2D eigenvalue weighted by Crippen LogP contribution is 2.32. The highest BCUT2D eigenvalue weighted by molar-refractivity contribution is 7.89. The molecule has 1 atom stereocenters. The first-order valence-electron chi connectivity index (χ1n) is 6.80. The van der Waals surface area contributed by atoms with Gasteiger partial charge in [0, 0.05) is 5.54 Å². The normalized spacial score (nSPS) is 18.9. The molecule has 1 aliphatic rings. The van der Waals surface area contributed by atoms with E-state index in [2.05, 4.69) is 17.0 Å². The lowest BCUT2D eigenvalue weighted by Crippen LogP contribution is -2.40. The van der Waals surface area contributed by atoms with Crippen molar-refractivity contribution in [2.75, 3.05) is 11.9 Å². The van der Waals surface area contributed by atoms with Gasteiger partial charge in [0.05, 0.1) is 17.1 Å². The summed E-state index contributed by atoms with van der Waals surface area (Å²) in [6.07, 6.45) is 1.05. The number of hydrogen-bond acceptors (Lipinski definition) is 4. The van der Waals surface area contributed by atoms with Crippen LogP contribution in [-0.2, 0) is 10.0 Å². The summed E-state index contributed by atoms with van der Waals surface area (Å²) in [5.41, 5.74) is 0.220. The van der Waals surface area contributed by atoms with Crippen molar-refractivity contribution in [3.05, 3.63) is 18.2 Å². The average molecular weight is 298 g/mol. The predicted molar refractivity (Wildman–Crippen MR) is 79.7 cm³/mol. The summed E-state index contributed by atoms with van der Waals surface area (Å²) in [6.45, 7) is 8.20. The van der Waals surface area contributed by atoms with E-state index in [-0.39, 0.29) is 11.0 Å². The lowest BCUT2D eigenvalue weighted by molar-refractivity contribution is 0.201. The van der Waals surface area contributed by atoms with Gasteiger partial charge < -0.3 is 10.1 Å². The van der Waals surface area contributed by atoms with Gasteiger partial charge in [0.15, 0.2) is 0 Å². The van der Waals surface area contributed by atoms with E-state index in [1.165, 1.54) is 0 Å². The van der Waals surface area contributed by atoms with Gasteiger partial charge in [0.1, 0.15) is 11.9 Å². The summed E-state index contributed by atoms with van der Waals surface area (Å²) in [4.78, 5) is 0.247. The molecule has 1 unspecified atom stereocenters. The molecule has 2 rings (SSSR count). The molecular weight excluding hydrogens is 276 g/mol. The maximum Gasteiger partial charge on any atom is 0.241 e. The second kappa shape index (κ2) is 5.26. The van der Waals surface area contributed by atoms with Crippen molar-refractivity contribution in [3.8, 4) is 5.75 Å². The van der Waals surface area contributed by atoms with Crippen molar-refractivity contribution in [1.82, 2.24) is 4.72 Å². The molecule has 0 aliphatic carbocycles. The maximum absolute atomic E-state index is 12.3. The highest BCUT2D eigenvalue weighted by Gasteiger charge is 2.24. The minimum Gasteiger partial charge on any atom is -0.486 e. The van der Waals surface area contributed by atoms with Gasteiger partial charge in [-0.3, -0.25) is 0 Å². The fourth-order valence-corrected chi connectivity index (χ4v) is 3.50. The summed E-state index contributed by atoms with van der Waals surface area (Å²) in [6, 6.07) is 4.91. The molecule has 0 saturated carbocycles. The smallest absolute Gasteiger partial charge is 0.241 e. The van der Waals surface area contributed by atoms with Crippen molar-refractivity contribution in [3.63, 3.8) is 0 Å². The van der Waals surface area contributed by atoms with Gasteiger partial charge in [-0.1, -0.05) is 6.92 Å². The van der Waals surface area contributed by atoms with Crippen LogP contribution in [-0.4, -0.2) is 26.6 Å². The van der Waals surface area contributed by atoms with Gasteiger partial charge in [-0.25, -0.2) is 13.1 Å². The number of nitrogens with one attached hydrogen (secondary N) is 2. The molecule has 0 fully saturated rings. The lowest BCUT2D eigenvalue weighted by atomic mass is 10.1. The maximum atomic E-state index is 12.3. The standard InChI is InChI=1S/C14H22N2O3S/c1-5-10-9-15-12-8-11(6-7-13(12)19-10)20(17,18)16-14(2,3)4/h6-8,10,15-16H,5,9H2,1-4H3. The Labute approximate surface area is 120 Å². The molecule has 1 aromatic carbocycles. The van der Waals surface area contributed by atoms with Crippen LogP contribution in [0, 0.1) is 0 Å². The minimum atomic E-state index is -3.52. The Morgan fingerprint density at radius 1 is 1.40 bits per heavy atom. The van der Waals surface area contributed by atoms with Crippen molar-refractivity contribution in [2.45, 2.75) is 50.7 Å². The third kappa shape index (κ3) is 3.43. The number of ether oxygens (including phenoxy) is 1. The van der Waals surface area contributed by atoms with E-state index in [0.29, 0.717) is 12.3 Å². The van der Waals surface area contributed by atoms with Crippen LogP contribution in [0.5, 0.6) is 5.75 Å². The predicted octanol–water partition coefficient (Wildman–Crippen LogP) is 2.35. The third-order valence-electron chi connectivity index (χ3n) is 2.97. The Morgan fingerprint density at radius 2 is 2.10 bits per heavy atom. The van der Waals surface area contributed by atoms with Crippen molar-refractivity contribution >= 4 is 15.7 Å². The largest absolute Gasteiger partial charge is 0.486 e. The Bertz CT molecular complexity index is 591. The van der Waals surface area contributed by atoms with Crippen molar-refractivity contribution in [2.24, 2.45) is 0 Å². The average Bonchev–Trinajstić information content (AvgIpc) is 2.34. The Hall–Kier alpha value is -1.27. The fraction of sp³-hybridized carbons (Fsp3) is 0.571. The molecule has 2 N–H and O–H groups in total. The molecule has 6 heteroatoms. The molecule has 112 valence electrons. The van der Waals surface area contributed by atoms with Crippen LogP contribution in [0.3, 0.4) is 0 Å². The fourth-order valence-electron chi connectivity index (χ4n) is 2.05. The zero-order valence-electron chi connectivity index (χ0n) is 12.4. The lowest BCUT2D eigenvalue weighted by Gasteiger charge is -2.27. The molecule has 1 heterocycles. The Morgan fingerprint density at radius 3 is 2.70 bits per heavy atom. The summed E-state index contributed by atoms with van der Waals surface area (Å²) in [5, 5.41) is 3.22. The number of sulfonamides is 1. The molecule has 20 heavy (non-hydrogen) atoms. The van der Waals surface area contributed by atoms with Gasteiger partial charge in [0.2, 0.25) is 10.0 Å². The molecule has 0 radical (unpaired) electrons. The topological polar surface area (TPSA) is 67.4 Å². The van der Waals surface area contributed by atoms with Crippen LogP contribution < -0.4 is 14.8 Å². The second-order valence-corrected chi connectivity index (χ2v) is 7.72. The zero-order chi connectivity index (χ0) is 15.0. The van der Waals surface area contributed by atoms with E-state index in [4.69, 9.17) is 4.74 Å². The molecule has 0 saturated heterocycles. The number of rotatable bonds is 3. The molecular formula is C14H22N2O3S. The van der Waals surface area contributed by atoms with Crippen molar-refractivity contribution in [1.29, 1.82) is 0 Å². The SMILES string of the molecule is CCC1CNc2cc(S(=O)(=O)NC(C)(C)C)ccc2O1. The van der Waals surface area contributed by atoms with Crippen LogP contribution in [0.4, 0.5) is 5.69 Å². The molecule has 1 aromatic rings. The summed E-state index contributed by atoms with van der Waals surface area (Å²) >= 11 is 0. The van der Waals surface area contributed by atoms with Gasteiger partial charge in [-0.15, -0.1) is 0 Å². The quantitative estimate of drug-likeness (QED) is 0.899. The molecule has 5 nitrogen and oxygen atoms in total. The zero-order valence-corrected chi connectivity index (χ0v) is 13.2. The molecule has 0 amide bonds. The molecule has 0 bridgehead atoms. The van der Waals surface area contributed by atoms with Crippen LogP contribution in [0.25, 0.3) is 0 Å². The Kier molecular flexibility index (Phi) is 3.97. The van der Waals surface area contributed by atoms with Gasteiger partial charge in [0.25, 0.3) is 0 Å². The van der Waals surface area contributed by atoms with E-state index in [1.54, 1.807) is 18.2 Å². The summed E-state index contributed by atoms with van der Waals surface area (Å²) < 4.78 is 33.0. The first kappa shape index (κ1) is 15.1. The summed E-state index contributed by atoms with van der Waals surface area (Å²) in [5.74, 6) is 0.706. The van der Waals surface area contributed by atoms with E-state index in [0.717, 1.165) is 12.1 Å². The number of benzene rings is 1. The van der Waals surface area contributed by atoms with Gasteiger partial charge in [-0.05, 0) is 45.4 Å². The first-order chi connectivity index (χ1) is 9.21. The van der Waals surface area contributed by atoms with Crippen LogP contribution in [0.1, 0.15) is 34.1 Å². The van der Waals surface area contributed by atoms with E-state index in [1.807, 2.05) is 20.8 Å². The number of fused-ring (bicyclic) bond motifs is 1. The first-order valence-corrected chi connectivity index (χ1v) is 8.28. The Balaban J connectivity index is 2.28. The highest BCUT2D eigenvalue weighted by atomic mass is 32.2. The monoisotopic (exact) mass is 298 g/mol. The van der Waals surface area contributed by atoms with E-state index < -0.39 is 15.6 Å². The molecule has 1 aliphatic heterocycles. The van der Waals surface area contributed by atoms with Crippen LogP contribution >= 0.6 is 0 Å². The van der Waals surface area contributed by atoms with Crippen molar-refractivity contribution < 1.29 is 13.2 Å². The van der Waals surface area contributed by atoms with E-state index >= 15 is 0 Å².